The summed E-state index contributed by atoms with van der Waals surface area (Å²) in [6.45, 7) is 2.15. The quantitative estimate of drug-likeness (QED) is 0.729. The predicted molar refractivity (Wildman–Crippen MR) is 96.3 cm³/mol. The maximum atomic E-state index is 12.9. The molecule has 0 saturated carbocycles. The molecule has 0 fully saturated rings. The molecule has 1 aromatic heterocycles. The topological polar surface area (TPSA) is 81.9 Å². The summed E-state index contributed by atoms with van der Waals surface area (Å²) in [5.74, 6) is -0.277. The molecule has 2 aromatic rings. The van der Waals surface area contributed by atoms with E-state index in [1.807, 2.05) is 23.6 Å². The molecule has 1 heterocycles. The van der Waals surface area contributed by atoms with Gasteiger partial charge in [0, 0.05) is 10.4 Å². The molecule has 134 valence electrons. The lowest BCUT2D eigenvalue weighted by atomic mass is 10.1. The Morgan fingerprint density at radius 2 is 2.00 bits per heavy atom. The van der Waals surface area contributed by atoms with E-state index in [2.05, 4.69) is 0 Å². The Morgan fingerprint density at radius 3 is 2.64 bits per heavy atom. The van der Waals surface area contributed by atoms with Crippen LogP contribution in [0.25, 0.3) is 0 Å². The standard InChI is InChI=1S/C18H22N2O4S/c1-3-24-16(21)12-20(11-13-7-6-10-25-13)18(22)17(19)14-8-4-5-9-15(14)23-2/h4-10,17H,3,11-12,19H2,1-2H3/t17-/m1/s1. The number of hydrogen-bond donors (Lipinski definition) is 1. The van der Waals surface area contributed by atoms with Crippen molar-refractivity contribution in [2.24, 2.45) is 5.73 Å². The van der Waals surface area contributed by atoms with Crippen LogP contribution in [0.5, 0.6) is 5.75 Å². The summed E-state index contributed by atoms with van der Waals surface area (Å²) in [5, 5.41) is 1.92. The number of carbonyl (C=O) groups is 2. The molecule has 0 radical (unpaired) electrons. The van der Waals surface area contributed by atoms with Crippen molar-refractivity contribution in [1.82, 2.24) is 4.90 Å². The highest BCUT2D eigenvalue weighted by atomic mass is 32.1. The second-order valence-corrected chi connectivity index (χ2v) is 6.33. The van der Waals surface area contributed by atoms with Crippen LogP contribution in [0.3, 0.4) is 0 Å². The number of benzene rings is 1. The number of methoxy groups -OCH3 is 1. The summed E-state index contributed by atoms with van der Waals surface area (Å²) < 4.78 is 10.3. The van der Waals surface area contributed by atoms with Crippen LogP contribution >= 0.6 is 11.3 Å². The van der Waals surface area contributed by atoms with E-state index in [0.29, 0.717) is 17.9 Å². The molecule has 0 aliphatic carbocycles. The number of para-hydroxylation sites is 1. The molecule has 0 spiro atoms. The van der Waals surface area contributed by atoms with Crippen LogP contribution in [-0.4, -0.2) is 37.0 Å². The molecule has 0 bridgehead atoms. The second kappa shape index (κ2) is 9.19. The highest BCUT2D eigenvalue weighted by Gasteiger charge is 2.27. The lowest BCUT2D eigenvalue weighted by Gasteiger charge is -2.25. The van der Waals surface area contributed by atoms with Gasteiger partial charge in [0.25, 0.3) is 0 Å². The van der Waals surface area contributed by atoms with Gasteiger partial charge in [0.05, 0.1) is 20.3 Å². The molecule has 0 aliphatic heterocycles. The van der Waals surface area contributed by atoms with E-state index in [4.69, 9.17) is 15.2 Å². The predicted octanol–water partition coefficient (Wildman–Crippen LogP) is 2.35. The maximum absolute atomic E-state index is 12.9. The lowest BCUT2D eigenvalue weighted by Crippen LogP contribution is -2.41. The molecule has 2 N–H and O–H groups in total. The third-order valence-corrected chi connectivity index (χ3v) is 4.46. The van der Waals surface area contributed by atoms with Crippen LogP contribution in [0.15, 0.2) is 41.8 Å². The minimum absolute atomic E-state index is 0.145. The largest absolute Gasteiger partial charge is 0.496 e. The number of amides is 1. The number of rotatable bonds is 8. The average Bonchev–Trinajstić information content (AvgIpc) is 3.13. The van der Waals surface area contributed by atoms with Crippen molar-refractivity contribution in [1.29, 1.82) is 0 Å². The van der Waals surface area contributed by atoms with Gasteiger partial charge in [-0.3, -0.25) is 9.59 Å². The average molecular weight is 362 g/mol. The van der Waals surface area contributed by atoms with E-state index >= 15 is 0 Å². The minimum Gasteiger partial charge on any atom is -0.496 e. The Balaban J connectivity index is 2.22. The van der Waals surface area contributed by atoms with Crippen molar-refractivity contribution in [3.63, 3.8) is 0 Å². The molecule has 0 unspecified atom stereocenters. The monoisotopic (exact) mass is 362 g/mol. The zero-order valence-corrected chi connectivity index (χ0v) is 15.1. The molecule has 1 atom stereocenters. The van der Waals surface area contributed by atoms with Crippen LogP contribution in [-0.2, 0) is 20.9 Å². The van der Waals surface area contributed by atoms with Gasteiger partial charge in [0.1, 0.15) is 18.3 Å². The Kier molecular flexibility index (Phi) is 6.97. The first-order valence-electron chi connectivity index (χ1n) is 7.92. The van der Waals surface area contributed by atoms with E-state index in [1.165, 1.54) is 23.3 Å². The number of carbonyl (C=O) groups excluding carboxylic acids is 2. The molecule has 1 aromatic carbocycles. The smallest absolute Gasteiger partial charge is 0.325 e. The zero-order chi connectivity index (χ0) is 18.2. The fraction of sp³-hybridized carbons (Fsp3) is 0.333. The van der Waals surface area contributed by atoms with E-state index < -0.39 is 12.0 Å². The summed E-state index contributed by atoms with van der Waals surface area (Å²) in [4.78, 5) is 27.2. The Labute approximate surface area is 151 Å². The SMILES string of the molecule is CCOC(=O)CN(Cc1cccs1)C(=O)[C@H](N)c1ccccc1OC. The second-order valence-electron chi connectivity index (χ2n) is 5.30. The van der Waals surface area contributed by atoms with Crippen LogP contribution < -0.4 is 10.5 Å². The summed E-state index contributed by atoms with van der Waals surface area (Å²) in [6, 6.07) is 9.97. The zero-order valence-electron chi connectivity index (χ0n) is 14.3. The van der Waals surface area contributed by atoms with Gasteiger partial charge in [-0.25, -0.2) is 0 Å². The Hall–Kier alpha value is -2.38. The number of hydrogen-bond acceptors (Lipinski definition) is 6. The molecule has 6 nitrogen and oxygen atoms in total. The van der Waals surface area contributed by atoms with Gasteiger partial charge < -0.3 is 20.1 Å². The van der Waals surface area contributed by atoms with E-state index in [9.17, 15) is 9.59 Å². The van der Waals surface area contributed by atoms with E-state index in [1.54, 1.807) is 25.1 Å². The maximum Gasteiger partial charge on any atom is 0.325 e. The molecular weight excluding hydrogens is 340 g/mol. The van der Waals surface area contributed by atoms with Gasteiger partial charge in [0.15, 0.2) is 0 Å². The van der Waals surface area contributed by atoms with Gasteiger partial charge >= 0.3 is 5.97 Å². The van der Waals surface area contributed by atoms with Crippen molar-refractivity contribution in [3.8, 4) is 5.75 Å². The Morgan fingerprint density at radius 1 is 1.24 bits per heavy atom. The molecule has 0 saturated heterocycles. The number of thiophene rings is 1. The van der Waals surface area contributed by atoms with Crippen molar-refractivity contribution in [2.75, 3.05) is 20.3 Å². The number of nitrogens with zero attached hydrogens (tertiary/aromatic N) is 1. The van der Waals surface area contributed by atoms with Crippen molar-refractivity contribution < 1.29 is 19.1 Å². The molecule has 7 heteroatoms. The molecule has 0 aliphatic rings. The summed E-state index contributed by atoms with van der Waals surface area (Å²) in [7, 11) is 1.53. The minimum atomic E-state index is -0.925. The lowest BCUT2D eigenvalue weighted by molar-refractivity contribution is -0.149. The van der Waals surface area contributed by atoms with E-state index in [0.717, 1.165) is 4.88 Å². The summed E-state index contributed by atoms with van der Waals surface area (Å²) >= 11 is 1.51. The van der Waals surface area contributed by atoms with Crippen LogP contribution in [0.4, 0.5) is 0 Å². The van der Waals surface area contributed by atoms with Gasteiger partial charge in [-0.2, -0.15) is 0 Å². The fourth-order valence-electron chi connectivity index (χ4n) is 2.42. The highest BCUT2D eigenvalue weighted by molar-refractivity contribution is 7.09. The van der Waals surface area contributed by atoms with Crippen molar-refractivity contribution >= 4 is 23.2 Å². The van der Waals surface area contributed by atoms with Gasteiger partial charge in [-0.1, -0.05) is 24.3 Å². The van der Waals surface area contributed by atoms with Gasteiger partial charge in [0.2, 0.25) is 5.91 Å². The van der Waals surface area contributed by atoms with Crippen LogP contribution in [0, 0.1) is 0 Å². The highest BCUT2D eigenvalue weighted by Crippen LogP contribution is 2.25. The molecular formula is C18H22N2O4S. The van der Waals surface area contributed by atoms with Crippen LogP contribution in [0.2, 0.25) is 0 Å². The normalized spacial score (nSPS) is 11.6. The summed E-state index contributed by atoms with van der Waals surface area (Å²) in [6.07, 6.45) is 0. The number of nitrogens with two attached hydrogens (primary N) is 1. The van der Waals surface area contributed by atoms with E-state index in [-0.39, 0.29) is 19.1 Å². The first-order valence-corrected chi connectivity index (χ1v) is 8.80. The molecule has 1 amide bonds. The third kappa shape index (κ3) is 5.04. The third-order valence-electron chi connectivity index (χ3n) is 3.60. The molecule has 2 rings (SSSR count). The number of ether oxygens (including phenoxy) is 2. The van der Waals surface area contributed by atoms with Gasteiger partial charge in [-0.15, -0.1) is 11.3 Å². The summed E-state index contributed by atoms with van der Waals surface area (Å²) in [5.41, 5.74) is 6.75. The van der Waals surface area contributed by atoms with Crippen molar-refractivity contribution in [3.05, 3.63) is 52.2 Å². The van der Waals surface area contributed by atoms with Gasteiger partial charge in [-0.05, 0) is 24.4 Å². The first kappa shape index (κ1) is 19.0. The molecule has 25 heavy (non-hydrogen) atoms. The fourth-order valence-corrected chi connectivity index (χ4v) is 3.14. The Bertz CT molecular complexity index is 703. The number of esters is 1. The van der Waals surface area contributed by atoms with Crippen molar-refractivity contribution in [2.45, 2.75) is 19.5 Å². The van der Waals surface area contributed by atoms with Crippen LogP contribution in [0.1, 0.15) is 23.4 Å². The first-order chi connectivity index (χ1) is 12.1.